The summed E-state index contributed by atoms with van der Waals surface area (Å²) < 4.78 is 5.57. The number of likely N-dealkylation sites (tertiary alicyclic amines) is 1. The highest BCUT2D eigenvalue weighted by molar-refractivity contribution is 5.95. The lowest BCUT2D eigenvalue weighted by atomic mass is 9.97. The van der Waals surface area contributed by atoms with E-state index in [1.54, 1.807) is 17.0 Å². The van der Waals surface area contributed by atoms with Crippen LogP contribution in [0.4, 0.5) is 0 Å². The Balaban J connectivity index is 1.74. The first-order valence-corrected chi connectivity index (χ1v) is 7.73. The minimum atomic E-state index is -0.828. The highest BCUT2D eigenvalue weighted by atomic mass is 16.4. The number of carboxylic acids is 1. The van der Waals surface area contributed by atoms with Gasteiger partial charge in [0.25, 0.3) is 5.91 Å². The zero-order valence-corrected chi connectivity index (χ0v) is 13.0. The van der Waals surface area contributed by atoms with E-state index in [0.717, 1.165) is 23.5 Å². The molecule has 0 radical (unpaired) electrons. The number of rotatable bonds is 3. The van der Waals surface area contributed by atoms with Crippen molar-refractivity contribution < 1.29 is 19.1 Å². The van der Waals surface area contributed by atoms with Crippen LogP contribution >= 0.6 is 0 Å². The number of benzene rings is 1. The summed E-state index contributed by atoms with van der Waals surface area (Å²) in [4.78, 5) is 25.3. The van der Waals surface area contributed by atoms with E-state index in [2.05, 4.69) is 0 Å². The van der Waals surface area contributed by atoms with E-state index >= 15 is 0 Å². The molecule has 1 aliphatic heterocycles. The van der Waals surface area contributed by atoms with Crippen LogP contribution in [-0.2, 0) is 4.79 Å². The fourth-order valence-corrected chi connectivity index (χ4v) is 2.91. The molecule has 1 aromatic carbocycles. The lowest BCUT2D eigenvalue weighted by Crippen LogP contribution is -2.42. The lowest BCUT2D eigenvalue weighted by molar-refractivity contribution is -0.143. The Labute approximate surface area is 134 Å². The molecular weight excluding hydrogens is 294 g/mol. The number of carbonyl (C=O) groups is 2. The maximum absolute atomic E-state index is 12.5. The van der Waals surface area contributed by atoms with Gasteiger partial charge >= 0.3 is 5.97 Å². The molecule has 1 amide bonds. The molecule has 0 aliphatic carbocycles. The first kappa shape index (κ1) is 15.3. The molecule has 0 spiro atoms. The van der Waals surface area contributed by atoms with E-state index in [4.69, 9.17) is 9.52 Å². The summed E-state index contributed by atoms with van der Waals surface area (Å²) in [5.74, 6) is 0.209. The second kappa shape index (κ2) is 6.28. The van der Waals surface area contributed by atoms with Crippen molar-refractivity contribution in [3.8, 4) is 11.3 Å². The van der Waals surface area contributed by atoms with E-state index in [9.17, 15) is 9.59 Å². The molecule has 1 fully saturated rings. The SMILES string of the molecule is Cc1ccc(-c2ccc(C(=O)N3CCC[C@H](C(=O)O)C3)cc2)o1. The number of hydrogen-bond donors (Lipinski definition) is 1. The van der Waals surface area contributed by atoms with Crippen LogP contribution in [0.1, 0.15) is 29.0 Å². The van der Waals surface area contributed by atoms with Crippen molar-refractivity contribution in [2.45, 2.75) is 19.8 Å². The second-order valence-corrected chi connectivity index (χ2v) is 5.92. The van der Waals surface area contributed by atoms with Gasteiger partial charge in [0.1, 0.15) is 11.5 Å². The summed E-state index contributed by atoms with van der Waals surface area (Å²) in [5, 5.41) is 9.12. The second-order valence-electron chi connectivity index (χ2n) is 5.92. The van der Waals surface area contributed by atoms with Gasteiger partial charge in [-0.2, -0.15) is 0 Å². The Hall–Kier alpha value is -2.56. The quantitative estimate of drug-likeness (QED) is 0.944. The number of carboxylic acid groups (broad SMARTS) is 1. The molecule has 2 aromatic rings. The molecule has 23 heavy (non-hydrogen) atoms. The summed E-state index contributed by atoms with van der Waals surface area (Å²) in [7, 11) is 0. The molecule has 1 aromatic heterocycles. The number of nitrogens with zero attached hydrogens (tertiary/aromatic N) is 1. The van der Waals surface area contributed by atoms with Gasteiger partial charge in [-0.25, -0.2) is 0 Å². The third-order valence-electron chi connectivity index (χ3n) is 4.21. The smallest absolute Gasteiger partial charge is 0.308 e. The summed E-state index contributed by atoms with van der Waals surface area (Å²) in [6, 6.07) is 11.0. The fourth-order valence-electron chi connectivity index (χ4n) is 2.91. The Kier molecular flexibility index (Phi) is 4.19. The van der Waals surface area contributed by atoms with Crippen molar-refractivity contribution in [1.82, 2.24) is 4.90 Å². The Morgan fingerprint density at radius 3 is 2.52 bits per heavy atom. The van der Waals surface area contributed by atoms with Gasteiger partial charge in [0.2, 0.25) is 0 Å². The molecule has 1 atom stereocenters. The molecule has 1 aliphatic rings. The third kappa shape index (κ3) is 3.28. The largest absolute Gasteiger partial charge is 0.481 e. The summed E-state index contributed by atoms with van der Waals surface area (Å²) in [5.41, 5.74) is 1.49. The number of aryl methyl sites for hydroxylation is 1. The van der Waals surface area contributed by atoms with Gasteiger partial charge in [-0.3, -0.25) is 9.59 Å². The zero-order valence-electron chi connectivity index (χ0n) is 13.0. The van der Waals surface area contributed by atoms with Crippen LogP contribution in [0.25, 0.3) is 11.3 Å². The lowest BCUT2D eigenvalue weighted by Gasteiger charge is -2.30. The van der Waals surface area contributed by atoms with Gasteiger partial charge in [-0.15, -0.1) is 0 Å². The molecular formula is C18H19NO4. The number of aliphatic carboxylic acids is 1. The molecule has 3 rings (SSSR count). The van der Waals surface area contributed by atoms with Crippen molar-refractivity contribution in [2.75, 3.05) is 13.1 Å². The number of hydrogen-bond acceptors (Lipinski definition) is 3. The topological polar surface area (TPSA) is 70.8 Å². The van der Waals surface area contributed by atoms with E-state index in [1.807, 2.05) is 31.2 Å². The van der Waals surface area contributed by atoms with E-state index in [0.29, 0.717) is 18.5 Å². The number of furan rings is 1. The number of carbonyl (C=O) groups excluding carboxylic acids is 1. The van der Waals surface area contributed by atoms with Crippen molar-refractivity contribution in [2.24, 2.45) is 5.92 Å². The maximum atomic E-state index is 12.5. The van der Waals surface area contributed by atoms with Crippen LogP contribution < -0.4 is 0 Å². The van der Waals surface area contributed by atoms with Crippen molar-refractivity contribution in [1.29, 1.82) is 0 Å². The molecule has 120 valence electrons. The average molecular weight is 313 g/mol. The Morgan fingerprint density at radius 2 is 1.91 bits per heavy atom. The monoisotopic (exact) mass is 313 g/mol. The number of amides is 1. The molecule has 1 saturated heterocycles. The first-order chi connectivity index (χ1) is 11.0. The van der Waals surface area contributed by atoms with Gasteiger partial charge in [0.15, 0.2) is 0 Å². The third-order valence-corrected chi connectivity index (χ3v) is 4.21. The molecule has 5 nitrogen and oxygen atoms in total. The van der Waals surface area contributed by atoms with Gasteiger partial charge in [-0.1, -0.05) is 12.1 Å². The fraction of sp³-hybridized carbons (Fsp3) is 0.333. The van der Waals surface area contributed by atoms with Gasteiger partial charge in [0, 0.05) is 24.2 Å². The van der Waals surface area contributed by atoms with Crippen LogP contribution in [0, 0.1) is 12.8 Å². The van der Waals surface area contributed by atoms with E-state index in [-0.39, 0.29) is 12.5 Å². The Bertz CT molecular complexity index is 717. The summed E-state index contributed by atoms with van der Waals surface area (Å²) in [6.45, 7) is 2.78. The van der Waals surface area contributed by atoms with Crippen LogP contribution in [0.3, 0.4) is 0 Å². The first-order valence-electron chi connectivity index (χ1n) is 7.73. The molecule has 0 saturated carbocycles. The normalized spacial score (nSPS) is 18.0. The van der Waals surface area contributed by atoms with Crippen LogP contribution in [0.15, 0.2) is 40.8 Å². The molecule has 5 heteroatoms. The Morgan fingerprint density at radius 1 is 1.17 bits per heavy atom. The number of piperidine rings is 1. The minimum Gasteiger partial charge on any atom is -0.481 e. The van der Waals surface area contributed by atoms with E-state index < -0.39 is 11.9 Å². The van der Waals surface area contributed by atoms with Crippen LogP contribution in [-0.4, -0.2) is 35.0 Å². The van der Waals surface area contributed by atoms with Crippen LogP contribution in [0.2, 0.25) is 0 Å². The predicted molar refractivity (Wildman–Crippen MR) is 85.1 cm³/mol. The van der Waals surface area contributed by atoms with Gasteiger partial charge < -0.3 is 14.4 Å². The molecule has 1 N–H and O–H groups in total. The standard InChI is InChI=1S/C18H19NO4/c1-12-4-9-16(23-12)13-5-7-14(8-6-13)17(20)19-10-2-3-15(11-19)18(21)22/h4-9,15H,2-3,10-11H2,1H3,(H,21,22)/t15-/m0/s1. The highest BCUT2D eigenvalue weighted by Crippen LogP contribution is 2.24. The van der Waals surface area contributed by atoms with Crippen LogP contribution in [0.5, 0.6) is 0 Å². The molecule has 0 bridgehead atoms. The average Bonchev–Trinajstić information content (AvgIpc) is 3.01. The van der Waals surface area contributed by atoms with Crippen molar-refractivity contribution in [3.63, 3.8) is 0 Å². The molecule has 0 unspecified atom stereocenters. The zero-order chi connectivity index (χ0) is 16.4. The molecule has 2 heterocycles. The van der Waals surface area contributed by atoms with Crippen molar-refractivity contribution >= 4 is 11.9 Å². The summed E-state index contributed by atoms with van der Waals surface area (Å²) >= 11 is 0. The van der Waals surface area contributed by atoms with E-state index in [1.165, 1.54) is 0 Å². The highest BCUT2D eigenvalue weighted by Gasteiger charge is 2.28. The minimum absolute atomic E-state index is 0.113. The van der Waals surface area contributed by atoms with Gasteiger partial charge in [0.05, 0.1) is 5.92 Å². The maximum Gasteiger partial charge on any atom is 0.308 e. The van der Waals surface area contributed by atoms with Gasteiger partial charge in [-0.05, 0) is 44.0 Å². The van der Waals surface area contributed by atoms with Crippen molar-refractivity contribution in [3.05, 3.63) is 47.7 Å². The predicted octanol–water partition coefficient (Wildman–Crippen LogP) is 3.19. The summed E-state index contributed by atoms with van der Waals surface area (Å²) in [6.07, 6.45) is 1.36.